The number of phenolic OH excluding ortho intramolecular Hbond substituents is 1. The molecule has 2 N–H and O–H groups in total. The van der Waals surface area contributed by atoms with Gasteiger partial charge in [-0.15, -0.1) is 35.3 Å². The molecule has 2 aromatic rings. The number of phenols is 1. The van der Waals surface area contributed by atoms with E-state index in [1.165, 1.54) is 4.88 Å². The van der Waals surface area contributed by atoms with Crippen LogP contribution in [0.25, 0.3) is 0 Å². The van der Waals surface area contributed by atoms with Gasteiger partial charge in [0.25, 0.3) is 0 Å². The van der Waals surface area contributed by atoms with Gasteiger partial charge in [0, 0.05) is 37.6 Å². The lowest BCUT2D eigenvalue weighted by molar-refractivity contribution is 0.307. The van der Waals surface area contributed by atoms with Crippen LogP contribution in [0.15, 0.2) is 46.8 Å². The van der Waals surface area contributed by atoms with E-state index in [0.29, 0.717) is 5.75 Å². The summed E-state index contributed by atoms with van der Waals surface area (Å²) < 4.78 is 0. The SMILES string of the molecule is CCNC(=NCC(c1cccs1)N(C)C)N1CCN(c2ccccc2O)CC1.I. The fourth-order valence-corrected chi connectivity index (χ4v) is 4.39. The molecule has 160 valence electrons. The normalized spacial score (nSPS) is 15.9. The van der Waals surface area contributed by atoms with Crippen LogP contribution in [0.5, 0.6) is 5.75 Å². The first kappa shape index (κ1) is 23.8. The molecule has 1 aliphatic rings. The summed E-state index contributed by atoms with van der Waals surface area (Å²) in [6.45, 7) is 7.18. The highest BCUT2D eigenvalue weighted by Crippen LogP contribution is 2.27. The Labute approximate surface area is 195 Å². The summed E-state index contributed by atoms with van der Waals surface area (Å²) in [5.74, 6) is 1.32. The lowest BCUT2D eigenvalue weighted by Gasteiger charge is -2.38. The van der Waals surface area contributed by atoms with Crippen LogP contribution < -0.4 is 10.2 Å². The number of nitrogens with one attached hydrogen (secondary N) is 1. The first-order valence-corrected chi connectivity index (χ1v) is 10.7. The van der Waals surface area contributed by atoms with E-state index in [9.17, 15) is 5.11 Å². The number of hydrogen-bond acceptors (Lipinski definition) is 5. The minimum atomic E-state index is 0. The van der Waals surface area contributed by atoms with Crippen molar-refractivity contribution >= 4 is 47.0 Å². The molecule has 0 amide bonds. The molecule has 29 heavy (non-hydrogen) atoms. The summed E-state index contributed by atoms with van der Waals surface area (Å²) >= 11 is 1.78. The van der Waals surface area contributed by atoms with Crippen molar-refractivity contribution in [2.45, 2.75) is 13.0 Å². The monoisotopic (exact) mass is 529 g/mol. The molecular weight excluding hydrogens is 497 g/mol. The van der Waals surface area contributed by atoms with E-state index in [1.54, 1.807) is 17.4 Å². The predicted molar refractivity (Wildman–Crippen MR) is 134 cm³/mol. The molecule has 8 heteroatoms. The minimum absolute atomic E-state index is 0. The number of hydrogen-bond donors (Lipinski definition) is 2. The molecule has 0 bridgehead atoms. The van der Waals surface area contributed by atoms with Crippen molar-refractivity contribution in [2.24, 2.45) is 4.99 Å². The Kier molecular flexibility index (Phi) is 9.51. The number of benzene rings is 1. The number of anilines is 1. The predicted octanol–water partition coefficient (Wildman–Crippen LogP) is 3.46. The van der Waals surface area contributed by atoms with E-state index in [2.05, 4.69) is 58.5 Å². The highest BCUT2D eigenvalue weighted by atomic mass is 127. The number of aliphatic imine (C=N–C) groups is 1. The Morgan fingerprint density at radius 2 is 1.90 bits per heavy atom. The van der Waals surface area contributed by atoms with E-state index >= 15 is 0 Å². The Morgan fingerprint density at radius 1 is 1.17 bits per heavy atom. The van der Waals surface area contributed by atoms with Crippen molar-refractivity contribution in [1.29, 1.82) is 0 Å². The third-order valence-electron chi connectivity index (χ3n) is 5.05. The van der Waals surface area contributed by atoms with E-state index < -0.39 is 0 Å². The summed E-state index contributed by atoms with van der Waals surface area (Å²) in [4.78, 5) is 13.1. The molecule has 1 aromatic carbocycles. The van der Waals surface area contributed by atoms with Crippen LogP contribution in [0.3, 0.4) is 0 Å². The zero-order valence-corrected chi connectivity index (χ0v) is 20.6. The highest BCUT2D eigenvalue weighted by molar-refractivity contribution is 14.0. The van der Waals surface area contributed by atoms with E-state index in [0.717, 1.165) is 50.9 Å². The van der Waals surface area contributed by atoms with E-state index in [-0.39, 0.29) is 30.0 Å². The van der Waals surface area contributed by atoms with Crippen LogP contribution in [0.1, 0.15) is 17.8 Å². The maximum atomic E-state index is 10.1. The number of likely N-dealkylation sites (N-methyl/N-ethyl adjacent to an activating group) is 1. The second-order valence-corrected chi connectivity index (χ2v) is 8.13. The Bertz CT molecular complexity index is 760. The van der Waals surface area contributed by atoms with Gasteiger partial charge in [-0.1, -0.05) is 18.2 Å². The second kappa shape index (κ2) is 11.6. The van der Waals surface area contributed by atoms with Crippen molar-refractivity contribution in [2.75, 3.05) is 58.3 Å². The van der Waals surface area contributed by atoms with Gasteiger partial charge in [-0.25, -0.2) is 0 Å². The number of halogens is 1. The molecule has 2 heterocycles. The molecule has 0 spiro atoms. The van der Waals surface area contributed by atoms with Crippen LogP contribution >= 0.6 is 35.3 Å². The Hall–Kier alpha value is -1.52. The van der Waals surface area contributed by atoms with Gasteiger partial charge in [0.05, 0.1) is 18.3 Å². The topological polar surface area (TPSA) is 54.3 Å². The zero-order valence-electron chi connectivity index (χ0n) is 17.4. The number of aromatic hydroxyl groups is 1. The molecule has 1 atom stereocenters. The molecule has 3 rings (SSSR count). The average molecular weight is 529 g/mol. The van der Waals surface area contributed by atoms with E-state index in [4.69, 9.17) is 4.99 Å². The van der Waals surface area contributed by atoms with Gasteiger partial charge in [0.1, 0.15) is 5.75 Å². The molecule has 1 fully saturated rings. The minimum Gasteiger partial charge on any atom is -0.506 e. The third-order valence-corrected chi connectivity index (χ3v) is 6.02. The van der Waals surface area contributed by atoms with Crippen LogP contribution in [0.4, 0.5) is 5.69 Å². The van der Waals surface area contributed by atoms with Gasteiger partial charge in [-0.2, -0.15) is 0 Å². The molecule has 0 radical (unpaired) electrons. The summed E-state index contributed by atoms with van der Waals surface area (Å²) in [6, 6.07) is 12.1. The van der Waals surface area contributed by atoms with Crippen molar-refractivity contribution in [3.63, 3.8) is 0 Å². The molecule has 6 nitrogen and oxygen atoms in total. The molecule has 1 unspecified atom stereocenters. The maximum absolute atomic E-state index is 10.1. The quantitative estimate of drug-likeness (QED) is 0.341. The number of piperazine rings is 1. The molecule has 1 saturated heterocycles. The van der Waals surface area contributed by atoms with Gasteiger partial charge in [-0.05, 0) is 44.6 Å². The molecule has 1 aromatic heterocycles. The number of nitrogens with zero attached hydrogens (tertiary/aromatic N) is 4. The fraction of sp³-hybridized carbons (Fsp3) is 0.476. The largest absolute Gasteiger partial charge is 0.506 e. The summed E-state index contributed by atoms with van der Waals surface area (Å²) in [7, 11) is 4.22. The fourth-order valence-electron chi connectivity index (χ4n) is 3.48. The Morgan fingerprint density at radius 3 is 2.48 bits per heavy atom. The second-order valence-electron chi connectivity index (χ2n) is 7.15. The summed E-state index contributed by atoms with van der Waals surface area (Å²) in [5.41, 5.74) is 0.912. The van der Waals surface area contributed by atoms with Crippen molar-refractivity contribution in [1.82, 2.24) is 15.1 Å². The first-order valence-electron chi connectivity index (χ1n) is 9.86. The lowest BCUT2D eigenvalue weighted by Crippen LogP contribution is -2.52. The van der Waals surface area contributed by atoms with Crippen molar-refractivity contribution in [3.8, 4) is 5.75 Å². The summed E-state index contributed by atoms with van der Waals surface area (Å²) in [5, 5.41) is 15.7. The molecule has 1 aliphatic heterocycles. The first-order chi connectivity index (χ1) is 13.6. The third kappa shape index (κ3) is 6.23. The standard InChI is InChI=1S/C21H31N5OS.HI/c1-4-22-21(23-16-18(24(2)3)20-10-7-15-28-20)26-13-11-25(12-14-26)17-8-5-6-9-19(17)27;/h5-10,15,18,27H,4,11-14,16H2,1-3H3,(H,22,23);1H. The van der Waals surface area contributed by atoms with Gasteiger partial charge in [-0.3, -0.25) is 4.99 Å². The van der Waals surface area contributed by atoms with Crippen molar-refractivity contribution in [3.05, 3.63) is 46.7 Å². The number of para-hydroxylation sites is 2. The summed E-state index contributed by atoms with van der Waals surface area (Å²) in [6.07, 6.45) is 0. The van der Waals surface area contributed by atoms with Crippen LogP contribution in [-0.2, 0) is 0 Å². The van der Waals surface area contributed by atoms with Crippen LogP contribution in [-0.4, -0.2) is 74.2 Å². The van der Waals surface area contributed by atoms with E-state index in [1.807, 2.05) is 18.2 Å². The molecular formula is C21H32IN5OS. The maximum Gasteiger partial charge on any atom is 0.194 e. The lowest BCUT2D eigenvalue weighted by atomic mass is 10.2. The number of thiophene rings is 1. The van der Waals surface area contributed by atoms with Gasteiger partial charge in [0.2, 0.25) is 0 Å². The zero-order chi connectivity index (χ0) is 19.9. The van der Waals surface area contributed by atoms with Crippen LogP contribution in [0, 0.1) is 0 Å². The van der Waals surface area contributed by atoms with Gasteiger partial charge < -0.3 is 25.1 Å². The van der Waals surface area contributed by atoms with Gasteiger partial charge in [0.15, 0.2) is 5.96 Å². The Balaban J connectivity index is 0.00000300. The average Bonchev–Trinajstić information content (AvgIpc) is 3.22. The number of guanidine groups is 1. The highest BCUT2D eigenvalue weighted by Gasteiger charge is 2.22. The van der Waals surface area contributed by atoms with Gasteiger partial charge >= 0.3 is 0 Å². The van der Waals surface area contributed by atoms with Crippen LogP contribution in [0.2, 0.25) is 0 Å². The molecule has 0 saturated carbocycles. The molecule has 0 aliphatic carbocycles. The smallest absolute Gasteiger partial charge is 0.194 e. The number of rotatable bonds is 6. The van der Waals surface area contributed by atoms with Crippen molar-refractivity contribution < 1.29 is 5.11 Å².